The summed E-state index contributed by atoms with van der Waals surface area (Å²) >= 11 is 12.5. The third-order valence-corrected chi connectivity index (χ3v) is 7.56. The quantitative estimate of drug-likeness (QED) is 0.245. The van der Waals surface area contributed by atoms with Gasteiger partial charge in [0, 0.05) is 44.7 Å². The van der Waals surface area contributed by atoms with Gasteiger partial charge in [0.2, 0.25) is 0 Å². The number of hydrogen-bond donors (Lipinski definition) is 2. The van der Waals surface area contributed by atoms with Crippen molar-refractivity contribution in [2.24, 2.45) is 0 Å². The molecule has 36 heavy (non-hydrogen) atoms. The largest absolute Gasteiger partial charge is 0.354 e. The third-order valence-electron chi connectivity index (χ3n) is 5.86. The number of fused-ring (bicyclic) bond motifs is 1. The highest BCUT2D eigenvalue weighted by Crippen LogP contribution is 2.33. The van der Waals surface area contributed by atoms with Crippen molar-refractivity contribution in [2.45, 2.75) is 4.90 Å². The Labute approximate surface area is 218 Å². The lowest BCUT2D eigenvalue weighted by Crippen LogP contribution is -2.14. The smallest absolute Gasteiger partial charge is 0.256 e. The summed E-state index contributed by atoms with van der Waals surface area (Å²) < 4.78 is 24.3. The molecule has 0 bridgehead atoms. The van der Waals surface area contributed by atoms with Crippen LogP contribution in [0.15, 0.2) is 95.9 Å². The number of aromatic amines is 1. The second-order valence-corrected chi connectivity index (χ2v) is 11.3. The number of para-hydroxylation sites is 1. The van der Waals surface area contributed by atoms with Crippen molar-refractivity contribution in [3.8, 4) is 22.4 Å². The number of anilines is 1. The lowest BCUT2D eigenvalue weighted by molar-refractivity contribution is 0.102. The minimum Gasteiger partial charge on any atom is -0.354 e. The molecule has 0 aliphatic carbocycles. The van der Waals surface area contributed by atoms with Crippen molar-refractivity contribution < 1.29 is 13.2 Å². The molecule has 0 saturated heterocycles. The molecule has 180 valence electrons. The zero-order valence-electron chi connectivity index (χ0n) is 19.0. The van der Waals surface area contributed by atoms with Crippen molar-refractivity contribution >= 4 is 55.5 Å². The van der Waals surface area contributed by atoms with Crippen LogP contribution in [0.2, 0.25) is 10.0 Å². The van der Waals surface area contributed by atoms with Crippen LogP contribution in [0.4, 0.5) is 5.69 Å². The minimum absolute atomic E-state index is 0.122. The van der Waals surface area contributed by atoms with E-state index in [1.165, 1.54) is 18.2 Å². The van der Waals surface area contributed by atoms with Crippen LogP contribution in [0, 0.1) is 0 Å². The number of sulfone groups is 1. The lowest BCUT2D eigenvalue weighted by Gasteiger charge is -2.13. The van der Waals surface area contributed by atoms with Crippen LogP contribution in [-0.2, 0) is 9.84 Å². The van der Waals surface area contributed by atoms with Crippen LogP contribution in [-0.4, -0.2) is 25.6 Å². The summed E-state index contributed by atoms with van der Waals surface area (Å²) in [4.78, 5) is 16.9. The van der Waals surface area contributed by atoms with Gasteiger partial charge in [-0.2, -0.15) is 0 Å². The van der Waals surface area contributed by atoms with Crippen molar-refractivity contribution in [1.29, 1.82) is 0 Å². The van der Waals surface area contributed by atoms with Gasteiger partial charge in [-0.05, 0) is 71.8 Å². The van der Waals surface area contributed by atoms with Crippen molar-refractivity contribution in [3.05, 3.63) is 107 Å². The van der Waals surface area contributed by atoms with Crippen molar-refractivity contribution in [2.75, 3.05) is 11.6 Å². The highest BCUT2D eigenvalue weighted by atomic mass is 35.5. The molecular formula is C28H20Cl2N2O3S. The maximum absolute atomic E-state index is 13.4. The highest BCUT2D eigenvalue weighted by Gasteiger charge is 2.18. The maximum atomic E-state index is 13.4. The molecule has 5 aromatic rings. The number of halogens is 2. The first-order valence-electron chi connectivity index (χ1n) is 11.0. The van der Waals surface area contributed by atoms with Crippen molar-refractivity contribution in [1.82, 2.24) is 4.98 Å². The molecule has 2 N–H and O–H groups in total. The Balaban J connectivity index is 1.52. The molecule has 4 aromatic carbocycles. The summed E-state index contributed by atoms with van der Waals surface area (Å²) in [6.07, 6.45) is 1.13. The molecule has 0 atom stereocenters. The first-order valence-corrected chi connectivity index (χ1v) is 13.6. The normalized spacial score (nSPS) is 11.5. The van der Waals surface area contributed by atoms with Crippen LogP contribution >= 0.6 is 23.2 Å². The van der Waals surface area contributed by atoms with Gasteiger partial charge in [0.15, 0.2) is 9.84 Å². The highest BCUT2D eigenvalue weighted by molar-refractivity contribution is 7.90. The van der Waals surface area contributed by atoms with E-state index < -0.39 is 9.84 Å². The van der Waals surface area contributed by atoms with Gasteiger partial charge >= 0.3 is 0 Å². The standard InChI is InChI=1S/C28H20Cl2N2O3S/c1-36(34,35)21-11-12-22(23(16-21)17-6-8-19(29)9-7-17)28(33)31-20-10-13-25(30)24(15-20)27-14-18-4-2-3-5-26(18)32-27/h2-16,32H,1H3,(H,31,33). The Morgan fingerprint density at radius 1 is 0.833 bits per heavy atom. The van der Waals surface area contributed by atoms with E-state index in [1.54, 1.807) is 42.5 Å². The summed E-state index contributed by atoms with van der Waals surface area (Å²) in [5.74, 6) is -0.384. The average Bonchev–Trinajstić information content (AvgIpc) is 3.29. The summed E-state index contributed by atoms with van der Waals surface area (Å²) in [6, 6.07) is 26.5. The molecule has 1 heterocycles. The zero-order valence-corrected chi connectivity index (χ0v) is 21.4. The number of H-pyrrole nitrogens is 1. The Morgan fingerprint density at radius 3 is 2.31 bits per heavy atom. The molecule has 0 saturated carbocycles. The van der Waals surface area contributed by atoms with E-state index >= 15 is 0 Å². The predicted molar refractivity (Wildman–Crippen MR) is 147 cm³/mol. The fourth-order valence-corrected chi connectivity index (χ4v) is 5.04. The first kappa shape index (κ1) is 24.1. The molecule has 0 aliphatic rings. The van der Waals surface area contributed by atoms with Gasteiger partial charge in [0.25, 0.3) is 5.91 Å². The van der Waals surface area contributed by atoms with Crippen LogP contribution in [0.25, 0.3) is 33.3 Å². The molecule has 0 spiro atoms. The number of benzene rings is 4. The van der Waals surface area contributed by atoms with Gasteiger partial charge in [-0.3, -0.25) is 4.79 Å². The first-order chi connectivity index (χ1) is 17.2. The molecule has 5 nitrogen and oxygen atoms in total. The van der Waals surface area contributed by atoms with E-state index in [-0.39, 0.29) is 10.8 Å². The number of rotatable bonds is 5. The Hall–Kier alpha value is -3.58. The maximum Gasteiger partial charge on any atom is 0.256 e. The Bertz CT molecular complexity index is 1690. The number of carbonyl (C=O) groups is 1. The Morgan fingerprint density at radius 2 is 1.58 bits per heavy atom. The van der Waals surface area contributed by atoms with E-state index in [0.717, 1.165) is 28.4 Å². The van der Waals surface area contributed by atoms with Crippen LogP contribution in [0.3, 0.4) is 0 Å². The monoisotopic (exact) mass is 534 g/mol. The molecule has 0 fully saturated rings. The molecule has 0 aliphatic heterocycles. The fourth-order valence-electron chi connectivity index (χ4n) is 4.05. The van der Waals surface area contributed by atoms with E-state index in [2.05, 4.69) is 10.3 Å². The molecule has 1 amide bonds. The molecule has 8 heteroatoms. The molecule has 1 aromatic heterocycles. The number of amides is 1. The fraction of sp³-hybridized carbons (Fsp3) is 0.0357. The topological polar surface area (TPSA) is 79.0 Å². The molecular weight excluding hydrogens is 515 g/mol. The van der Waals surface area contributed by atoms with Gasteiger partial charge in [-0.25, -0.2) is 8.42 Å². The second-order valence-electron chi connectivity index (χ2n) is 8.41. The van der Waals surface area contributed by atoms with Gasteiger partial charge < -0.3 is 10.3 Å². The predicted octanol–water partition coefficient (Wildman–Crippen LogP) is 7.46. The van der Waals surface area contributed by atoms with Crippen LogP contribution < -0.4 is 5.32 Å². The summed E-state index contributed by atoms with van der Waals surface area (Å²) in [5.41, 5.74) is 4.59. The molecule has 0 unspecified atom stereocenters. The summed E-state index contributed by atoms with van der Waals surface area (Å²) in [6.45, 7) is 0. The molecule has 0 radical (unpaired) electrons. The van der Waals surface area contributed by atoms with Crippen molar-refractivity contribution in [3.63, 3.8) is 0 Å². The zero-order chi connectivity index (χ0) is 25.4. The minimum atomic E-state index is -3.47. The Kier molecular flexibility index (Phi) is 6.35. The lowest BCUT2D eigenvalue weighted by atomic mass is 9.99. The van der Waals surface area contributed by atoms with Crippen LogP contribution in [0.1, 0.15) is 10.4 Å². The number of aromatic nitrogens is 1. The number of carbonyl (C=O) groups excluding carboxylic acids is 1. The number of nitrogens with one attached hydrogen (secondary N) is 2. The van der Waals surface area contributed by atoms with E-state index in [0.29, 0.717) is 32.4 Å². The van der Waals surface area contributed by atoms with Gasteiger partial charge in [-0.1, -0.05) is 53.5 Å². The van der Waals surface area contributed by atoms with E-state index in [1.807, 2.05) is 30.3 Å². The second kappa shape index (κ2) is 9.47. The van der Waals surface area contributed by atoms with E-state index in [4.69, 9.17) is 23.2 Å². The van der Waals surface area contributed by atoms with Gasteiger partial charge in [-0.15, -0.1) is 0 Å². The summed E-state index contributed by atoms with van der Waals surface area (Å²) in [7, 11) is -3.47. The summed E-state index contributed by atoms with van der Waals surface area (Å²) in [5, 5.41) is 5.05. The van der Waals surface area contributed by atoms with E-state index in [9.17, 15) is 13.2 Å². The van der Waals surface area contributed by atoms with Gasteiger partial charge in [0.1, 0.15) is 0 Å². The van der Waals surface area contributed by atoms with Gasteiger partial charge in [0.05, 0.1) is 9.92 Å². The van der Waals surface area contributed by atoms with Crippen LogP contribution in [0.5, 0.6) is 0 Å². The average molecular weight is 535 g/mol. The SMILES string of the molecule is CS(=O)(=O)c1ccc(C(=O)Nc2ccc(Cl)c(-c3cc4ccccc4[nH]3)c2)c(-c2ccc(Cl)cc2)c1. The number of hydrogen-bond acceptors (Lipinski definition) is 3. The third kappa shape index (κ3) is 4.88. The molecule has 5 rings (SSSR count).